The minimum absolute atomic E-state index is 0.312. The van der Waals surface area contributed by atoms with Gasteiger partial charge in [0, 0.05) is 10.9 Å². The molecule has 0 atom stereocenters. The van der Waals surface area contributed by atoms with Gasteiger partial charge in [-0.25, -0.2) is 4.39 Å². The maximum atomic E-state index is 13.8. The molecule has 0 amide bonds. The molecule has 1 aliphatic carbocycles. The predicted octanol–water partition coefficient (Wildman–Crippen LogP) is 6.79. The molecule has 1 fully saturated rings. The van der Waals surface area contributed by atoms with Crippen LogP contribution in [0.15, 0.2) is 83.3 Å². The van der Waals surface area contributed by atoms with E-state index in [1.54, 1.807) is 18.2 Å². The summed E-state index contributed by atoms with van der Waals surface area (Å²) in [5, 5.41) is 0.923. The number of rotatable bonds is 3. The molecule has 3 heteroatoms. The minimum Gasteiger partial charge on any atom is -0.456 e. The van der Waals surface area contributed by atoms with Crippen LogP contribution in [0.5, 0.6) is 0 Å². The summed E-state index contributed by atoms with van der Waals surface area (Å²) in [7, 11) is 0. The lowest BCUT2D eigenvalue weighted by atomic mass is 9.99. The van der Waals surface area contributed by atoms with Crippen LogP contribution >= 0.6 is 0 Å². The van der Waals surface area contributed by atoms with Gasteiger partial charge in [0.1, 0.15) is 23.4 Å². The summed E-state index contributed by atoms with van der Waals surface area (Å²) in [6.45, 7) is 2.34. The van der Waals surface area contributed by atoms with Crippen molar-refractivity contribution in [1.29, 1.82) is 0 Å². The van der Waals surface area contributed by atoms with Crippen LogP contribution in [0, 0.1) is 5.82 Å². The van der Waals surface area contributed by atoms with Crippen molar-refractivity contribution in [3.8, 4) is 11.3 Å². The van der Waals surface area contributed by atoms with Crippen molar-refractivity contribution in [1.82, 2.24) is 0 Å². The zero-order valence-electron chi connectivity index (χ0n) is 15.7. The van der Waals surface area contributed by atoms with E-state index in [0.29, 0.717) is 34.2 Å². The summed E-state index contributed by atoms with van der Waals surface area (Å²) in [4.78, 5) is 10.6. The molecule has 28 heavy (non-hydrogen) atoms. The fraction of sp³-hybridized carbons (Fsp3) is 0.160. The molecule has 5 rings (SSSR count). The van der Waals surface area contributed by atoms with E-state index in [1.807, 2.05) is 24.3 Å². The Kier molecular flexibility index (Phi) is 4.82. The Bertz CT molecular complexity index is 1070. The van der Waals surface area contributed by atoms with Crippen LogP contribution in [-0.4, -0.2) is 6.29 Å². The predicted molar refractivity (Wildman–Crippen MR) is 110 cm³/mol. The molecular formula is C25H21FO2. The second kappa shape index (κ2) is 7.43. The molecule has 0 bridgehead atoms. The van der Waals surface area contributed by atoms with E-state index >= 15 is 0 Å². The number of carbonyl (C=O) groups is 1. The minimum atomic E-state index is -0.460. The average molecular weight is 372 g/mol. The van der Waals surface area contributed by atoms with Crippen molar-refractivity contribution in [3.63, 3.8) is 0 Å². The molecule has 0 radical (unpaired) electrons. The standard InChI is InChI=1S/C15H9FO2.C10H12/c16-13-7-10(9-17)5-6-12(13)15-8-11-3-1-2-4-14(11)18-15;1-10(7-8-10)9-5-3-2-4-6-9/h1-9H;2-6H,7-8H2,1H3. The van der Waals surface area contributed by atoms with Crippen LogP contribution in [0.25, 0.3) is 22.3 Å². The summed E-state index contributed by atoms with van der Waals surface area (Å²) in [6.07, 6.45) is 3.36. The summed E-state index contributed by atoms with van der Waals surface area (Å²) in [6, 6.07) is 24.4. The summed E-state index contributed by atoms with van der Waals surface area (Å²) < 4.78 is 19.4. The maximum Gasteiger partial charge on any atom is 0.150 e. The van der Waals surface area contributed by atoms with Crippen molar-refractivity contribution in [2.45, 2.75) is 25.2 Å². The number of furan rings is 1. The van der Waals surface area contributed by atoms with Crippen LogP contribution in [0.3, 0.4) is 0 Å². The van der Waals surface area contributed by atoms with Gasteiger partial charge < -0.3 is 4.42 Å². The lowest BCUT2D eigenvalue weighted by molar-refractivity contribution is 0.112. The lowest BCUT2D eigenvalue weighted by Gasteiger charge is -2.06. The smallest absolute Gasteiger partial charge is 0.150 e. The number of hydrogen-bond donors (Lipinski definition) is 0. The number of halogens is 1. The Labute approximate surface area is 163 Å². The summed E-state index contributed by atoms with van der Waals surface area (Å²) in [5.41, 5.74) is 3.44. The zero-order chi connectivity index (χ0) is 19.6. The van der Waals surface area contributed by atoms with E-state index in [0.717, 1.165) is 5.39 Å². The molecule has 2 nitrogen and oxygen atoms in total. The van der Waals surface area contributed by atoms with E-state index in [4.69, 9.17) is 4.42 Å². The van der Waals surface area contributed by atoms with Gasteiger partial charge in [0.2, 0.25) is 0 Å². The normalized spacial score (nSPS) is 14.2. The first kappa shape index (κ1) is 18.2. The van der Waals surface area contributed by atoms with Gasteiger partial charge in [-0.3, -0.25) is 4.79 Å². The molecular weight excluding hydrogens is 351 g/mol. The molecule has 0 aliphatic heterocycles. The van der Waals surface area contributed by atoms with E-state index in [2.05, 4.69) is 37.3 Å². The SMILES string of the molecule is CC1(c2ccccc2)CC1.O=Cc1ccc(-c2cc3ccccc3o2)c(F)c1. The van der Waals surface area contributed by atoms with Crippen LogP contribution in [0.4, 0.5) is 4.39 Å². The van der Waals surface area contributed by atoms with Crippen LogP contribution < -0.4 is 0 Å². The first-order chi connectivity index (χ1) is 13.6. The Morgan fingerprint density at radius 2 is 1.64 bits per heavy atom. The molecule has 4 aromatic rings. The van der Waals surface area contributed by atoms with Gasteiger partial charge in [0.25, 0.3) is 0 Å². The quantitative estimate of drug-likeness (QED) is 0.371. The molecule has 1 heterocycles. The highest BCUT2D eigenvalue weighted by atomic mass is 19.1. The van der Waals surface area contributed by atoms with Gasteiger partial charge in [-0.2, -0.15) is 0 Å². The monoisotopic (exact) mass is 372 g/mol. The van der Waals surface area contributed by atoms with Crippen molar-refractivity contribution in [3.05, 3.63) is 95.8 Å². The molecule has 0 spiro atoms. The van der Waals surface area contributed by atoms with Gasteiger partial charge in [0.15, 0.2) is 0 Å². The van der Waals surface area contributed by atoms with Crippen molar-refractivity contribution >= 4 is 17.3 Å². The van der Waals surface area contributed by atoms with Gasteiger partial charge in [0.05, 0.1) is 5.56 Å². The lowest BCUT2D eigenvalue weighted by Crippen LogP contribution is -1.97. The number of benzene rings is 3. The van der Waals surface area contributed by atoms with Gasteiger partial charge in [-0.15, -0.1) is 0 Å². The second-order valence-electron chi connectivity index (χ2n) is 7.43. The first-order valence-corrected chi connectivity index (χ1v) is 9.38. The molecule has 1 saturated carbocycles. The zero-order valence-corrected chi connectivity index (χ0v) is 15.7. The highest BCUT2D eigenvalue weighted by Crippen LogP contribution is 2.47. The number of hydrogen-bond acceptors (Lipinski definition) is 2. The van der Waals surface area contributed by atoms with Gasteiger partial charge in [-0.1, -0.05) is 61.5 Å². The third kappa shape index (κ3) is 3.74. The average Bonchev–Trinajstić information content (AvgIpc) is 3.34. The maximum absolute atomic E-state index is 13.8. The Balaban J connectivity index is 0.000000162. The van der Waals surface area contributed by atoms with E-state index < -0.39 is 5.82 Å². The van der Waals surface area contributed by atoms with Crippen molar-refractivity contribution < 1.29 is 13.6 Å². The van der Waals surface area contributed by atoms with Crippen molar-refractivity contribution in [2.24, 2.45) is 0 Å². The molecule has 0 unspecified atom stereocenters. The summed E-state index contributed by atoms with van der Waals surface area (Å²) in [5.74, 6) is 0.00445. The highest BCUT2D eigenvalue weighted by Gasteiger charge is 2.38. The summed E-state index contributed by atoms with van der Waals surface area (Å²) >= 11 is 0. The Morgan fingerprint density at radius 1 is 0.929 bits per heavy atom. The first-order valence-electron chi connectivity index (χ1n) is 9.38. The molecule has 140 valence electrons. The van der Waals surface area contributed by atoms with Crippen LogP contribution in [0.2, 0.25) is 0 Å². The Morgan fingerprint density at radius 3 is 2.29 bits per heavy atom. The molecule has 0 saturated heterocycles. The van der Waals surface area contributed by atoms with Gasteiger partial charge in [-0.05, 0) is 48.1 Å². The fourth-order valence-corrected chi connectivity index (χ4v) is 3.24. The third-order valence-corrected chi connectivity index (χ3v) is 5.29. The van der Waals surface area contributed by atoms with Crippen molar-refractivity contribution in [2.75, 3.05) is 0 Å². The Hall–Kier alpha value is -3.20. The number of aldehydes is 1. The van der Waals surface area contributed by atoms with Crippen LogP contribution in [-0.2, 0) is 5.41 Å². The second-order valence-corrected chi connectivity index (χ2v) is 7.43. The number of carbonyl (C=O) groups excluding carboxylic acids is 1. The topological polar surface area (TPSA) is 30.2 Å². The molecule has 1 aliphatic rings. The van der Waals surface area contributed by atoms with Crippen LogP contribution in [0.1, 0.15) is 35.7 Å². The van der Waals surface area contributed by atoms with E-state index in [-0.39, 0.29) is 0 Å². The van der Waals surface area contributed by atoms with E-state index in [9.17, 15) is 9.18 Å². The van der Waals surface area contributed by atoms with E-state index in [1.165, 1.54) is 24.5 Å². The molecule has 1 aromatic heterocycles. The third-order valence-electron chi connectivity index (χ3n) is 5.29. The van der Waals surface area contributed by atoms with Gasteiger partial charge >= 0.3 is 0 Å². The molecule has 0 N–H and O–H groups in total. The largest absolute Gasteiger partial charge is 0.456 e. The molecule has 3 aromatic carbocycles. The fourth-order valence-electron chi connectivity index (χ4n) is 3.24. The highest BCUT2D eigenvalue weighted by molar-refractivity contribution is 5.83. The number of fused-ring (bicyclic) bond motifs is 1. The number of para-hydroxylation sites is 1.